The van der Waals surface area contributed by atoms with Crippen molar-refractivity contribution in [3.05, 3.63) is 28.2 Å². The van der Waals surface area contributed by atoms with Crippen molar-refractivity contribution in [2.45, 2.75) is 12.8 Å². The Balaban J connectivity index is 3.02. The summed E-state index contributed by atoms with van der Waals surface area (Å²) in [6.45, 7) is 1.96. The smallest absolute Gasteiger partial charge is 0.327 e. The summed E-state index contributed by atoms with van der Waals surface area (Å²) < 4.78 is 10.6. The van der Waals surface area contributed by atoms with Crippen molar-refractivity contribution < 1.29 is 14.3 Å². The Hall–Kier alpha value is -1.54. The number of ether oxygens (including phenoxy) is 2. The van der Waals surface area contributed by atoms with Crippen LogP contribution in [0.2, 0.25) is 0 Å². The molecular weight excluding hydrogens is 286 g/mol. The first-order valence-corrected chi connectivity index (χ1v) is 5.83. The predicted octanol–water partition coefficient (Wildman–Crippen LogP) is 2.63. The second kappa shape index (κ2) is 6.26. The number of nitrogens with zero attached hydrogens (tertiary/aromatic N) is 1. The summed E-state index contributed by atoms with van der Waals surface area (Å²) in [6, 6.07) is 6.99. The van der Waals surface area contributed by atoms with Gasteiger partial charge in [-0.1, -0.05) is 6.07 Å². The first-order chi connectivity index (χ1) is 8.13. The van der Waals surface area contributed by atoms with Crippen LogP contribution in [-0.2, 0) is 9.53 Å². The first-order valence-electron chi connectivity index (χ1n) is 5.03. The van der Waals surface area contributed by atoms with Crippen LogP contribution in [0, 0.1) is 11.3 Å². The molecule has 4 nitrogen and oxygen atoms in total. The van der Waals surface area contributed by atoms with Gasteiger partial charge in [0, 0.05) is 0 Å². The molecule has 1 rings (SSSR count). The maximum Gasteiger partial charge on any atom is 0.327 e. The monoisotopic (exact) mass is 297 g/mol. The Labute approximate surface area is 108 Å². The van der Waals surface area contributed by atoms with E-state index in [9.17, 15) is 4.79 Å². The lowest BCUT2D eigenvalue weighted by atomic mass is 10.0. The molecule has 5 heteroatoms. The van der Waals surface area contributed by atoms with E-state index in [0.29, 0.717) is 15.8 Å². The molecule has 0 aliphatic rings. The lowest BCUT2D eigenvalue weighted by Gasteiger charge is -2.10. The van der Waals surface area contributed by atoms with Crippen LogP contribution in [0.4, 0.5) is 0 Å². The molecule has 0 heterocycles. The fourth-order valence-corrected chi connectivity index (χ4v) is 1.91. The largest absolute Gasteiger partial charge is 0.496 e. The van der Waals surface area contributed by atoms with E-state index in [2.05, 4.69) is 15.9 Å². The van der Waals surface area contributed by atoms with Crippen molar-refractivity contribution in [3.63, 3.8) is 0 Å². The molecule has 0 radical (unpaired) electrons. The number of rotatable bonds is 4. The first kappa shape index (κ1) is 13.5. The summed E-state index contributed by atoms with van der Waals surface area (Å²) in [5.74, 6) is -0.793. The summed E-state index contributed by atoms with van der Waals surface area (Å²) in [4.78, 5) is 11.5. The minimum Gasteiger partial charge on any atom is -0.496 e. The van der Waals surface area contributed by atoms with E-state index < -0.39 is 11.9 Å². The summed E-state index contributed by atoms with van der Waals surface area (Å²) in [5, 5.41) is 9.00. The molecule has 17 heavy (non-hydrogen) atoms. The SMILES string of the molecule is CCOC(=O)C(C#N)c1ccc(OC)c(Br)c1. The Morgan fingerprint density at radius 1 is 1.59 bits per heavy atom. The third-order valence-electron chi connectivity index (χ3n) is 2.16. The van der Waals surface area contributed by atoms with Crippen LogP contribution >= 0.6 is 15.9 Å². The molecule has 90 valence electrons. The van der Waals surface area contributed by atoms with E-state index in [-0.39, 0.29) is 6.61 Å². The number of halogens is 1. The highest BCUT2D eigenvalue weighted by Gasteiger charge is 2.22. The molecule has 0 spiro atoms. The van der Waals surface area contributed by atoms with Crippen LogP contribution in [0.1, 0.15) is 18.4 Å². The van der Waals surface area contributed by atoms with Gasteiger partial charge in [0.25, 0.3) is 0 Å². The van der Waals surface area contributed by atoms with Gasteiger partial charge in [0.15, 0.2) is 5.92 Å². The molecule has 0 saturated carbocycles. The lowest BCUT2D eigenvalue weighted by molar-refractivity contribution is -0.143. The molecule has 0 aromatic heterocycles. The van der Waals surface area contributed by atoms with Gasteiger partial charge in [0.05, 0.1) is 24.3 Å². The van der Waals surface area contributed by atoms with Crippen molar-refractivity contribution in [3.8, 4) is 11.8 Å². The van der Waals surface area contributed by atoms with Crippen LogP contribution in [-0.4, -0.2) is 19.7 Å². The minimum absolute atomic E-state index is 0.258. The highest BCUT2D eigenvalue weighted by Crippen LogP contribution is 2.29. The maximum absolute atomic E-state index is 11.5. The number of carbonyl (C=O) groups is 1. The summed E-state index contributed by atoms with van der Waals surface area (Å²) >= 11 is 3.31. The fourth-order valence-electron chi connectivity index (χ4n) is 1.35. The second-order valence-electron chi connectivity index (χ2n) is 3.21. The molecule has 0 saturated heterocycles. The molecular formula is C12H12BrNO3. The zero-order chi connectivity index (χ0) is 12.8. The van der Waals surface area contributed by atoms with Crippen LogP contribution in [0.5, 0.6) is 5.75 Å². The van der Waals surface area contributed by atoms with Crippen molar-refractivity contribution in [2.75, 3.05) is 13.7 Å². The van der Waals surface area contributed by atoms with Crippen molar-refractivity contribution >= 4 is 21.9 Å². The molecule has 1 aromatic carbocycles. The predicted molar refractivity (Wildman–Crippen MR) is 65.7 cm³/mol. The number of carbonyl (C=O) groups excluding carboxylic acids is 1. The number of esters is 1. The van der Waals surface area contributed by atoms with Crippen molar-refractivity contribution in [1.29, 1.82) is 5.26 Å². The van der Waals surface area contributed by atoms with E-state index >= 15 is 0 Å². The van der Waals surface area contributed by atoms with Gasteiger partial charge in [-0.25, -0.2) is 0 Å². The van der Waals surface area contributed by atoms with Crippen LogP contribution in [0.3, 0.4) is 0 Å². The number of hydrogen-bond donors (Lipinski definition) is 0. The minimum atomic E-state index is -0.905. The number of methoxy groups -OCH3 is 1. The third kappa shape index (κ3) is 3.21. The highest BCUT2D eigenvalue weighted by atomic mass is 79.9. The highest BCUT2D eigenvalue weighted by molar-refractivity contribution is 9.10. The molecule has 0 aliphatic carbocycles. The normalized spacial score (nSPS) is 11.4. The molecule has 1 aromatic rings. The fraction of sp³-hybridized carbons (Fsp3) is 0.333. The zero-order valence-corrected chi connectivity index (χ0v) is 11.2. The van der Waals surface area contributed by atoms with Gasteiger partial charge in [-0.3, -0.25) is 4.79 Å². The number of hydrogen-bond acceptors (Lipinski definition) is 4. The molecule has 0 amide bonds. The molecule has 1 atom stereocenters. The van der Waals surface area contributed by atoms with E-state index in [4.69, 9.17) is 14.7 Å². The van der Waals surface area contributed by atoms with Gasteiger partial charge in [0.2, 0.25) is 0 Å². The van der Waals surface area contributed by atoms with Gasteiger partial charge < -0.3 is 9.47 Å². The molecule has 0 aliphatic heterocycles. The molecule has 0 fully saturated rings. The number of benzene rings is 1. The van der Waals surface area contributed by atoms with Gasteiger partial charge in [-0.05, 0) is 40.5 Å². The zero-order valence-electron chi connectivity index (χ0n) is 9.57. The van der Waals surface area contributed by atoms with Gasteiger partial charge in [-0.2, -0.15) is 5.26 Å². The summed E-state index contributed by atoms with van der Waals surface area (Å²) in [5.41, 5.74) is 0.582. The third-order valence-corrected chi connectivity index (χ3v) is 2.78. The number of nitriles is 1. The summed E-state index contributed by atoms with van der Waals surface area (Å²) in [6.07, 6.45) is 0. The van der Waals surface area contributed by atoms with E-state index in [1.165, 1.54) is 0 Å². The van der Waals surface area contributed by atoms with E-state index in [1.807, 2.05) is 6.07 Å². The summed E-state index contributed by atoms with van der Waals surface area (Å²) in [7, 11) is 1.55. The van der Waals surface area contributed by atoms with Gasteiger partial charge in [0.1, 0.15) is 5.75 Å². The standard InChI is InChI=1S/C12H12BrNO3/c1-3-17-12(15)9(7-14)8-4-5-11(16-2)10(13)6-8/h4-6,9H,3H2,1-2H3. The Morgan fingerprint density at radius 3 is 2.76 bits per heavy atom. The Kier molecular flexibility index (Phi) is 4.98. The quantitative estimate of drug-likeness (QED) is 0.802. The van der Waals surface area contributed by atoms with Crippen molar-refractivity contribution in [1.82, 2.24) is 0 Å². The second-order valence-corrected chi connectivity index (χ2v) is 4.06. The van der Waals surface area contributed by atoms with Gasteiger partial charge in [-0.15, -0.1) is 0 Å². The van der Waals surface area contributed by atoms with Crippen LogP contribution in [0.15, 0.2) is 22.7 Å². The lowest BCUT2D eigenvalue weighted by Crippen LogP contribution is -2.14. The molecule has 0 bridgehead atoms. The molecule has 1 unspecified atom stereocenters. The van der Waals surface area contributed by atoms with Gasteiger partial charge >= 0.3 is 5.97 Å². The van der Waals surface area contributed by atoms with Crippen molar-refractivity contribution in [2.24, 2.45) is 0 Å². The average Bonchev–Trinajstić information content (AvgIpc) is 2.30. The average molecular weight is 298 g/mol. The van der Waals surface area contributed by atoms with E-state index in [1.54, 1.807) is 32.2 Å². The topological polar surface area (TPSA) is 59.3 Å². The molecule has 0 N–H and O–H groups in total. The maximum atomic E-state index is 11.5. The van der Waals surface area contributed by atoms with Crippen LogP contribution in [0.25, 0.3) is 0 Å². The Bertz CT molecular complexity index is 454. The van der Waals surface area contributed by atoms with E-state index in [0.717, 1.165) is 0 Å². The van der Waals surface area contributed by atoms with Crippen LogP contribution < -0.4 is 4.74 Å². The Morgan fingerprint density at radius 2 is 2.29 bits per heavy atom.